The minimum Gasteiger partial charge on any atom is -0.497 e. The molecule has 1 atom stereocenters. The molecule has 2 aromatic carbocycles. The van der Waals surface area contributed by atoms with Gasteiger partial charge >= 0.3 is 0 Å². The van der Waals surface area contributed by atoms with Gasteiger partial charge in [0.1, 0.15) is 19.9 Å². The maximum Gasteiger partial charge on any atom is 0.229 e. The topological polar surface area (TPSA) is 110 Å². The van der Waals surface area contributed by atoms with Gasteiger partial charge in [-0.15, -0.1) is 0 Å². The van der Waals surface area contributed by atoms with E-state index in [0.29, 0.717) is 39.2 Å². The molecule has 0 aliphatic heterocycles. The number of anilines is 5. The average molecular weight is 508 g/mol. The Hall–Kier alpha value is -2.81. The van der Waals surface area contributed by atoms with Crippen LogP contribution in [0.3, 0.4) is 0 Å². The van der Waals surface area contributed by atoms with Crippen LogP contribution in [-0.4, -0.2) is 42.9 Å². The lowest BCUT2D eigenvalue weighted by Crippen LogP contribution is -2.04. The lowest BCUT2D eigenvalue weighted by molar-refractivity contribution is 0.355. The largest absolute Gasteiger partial charge is 0.497 e. The fourth-order valence-corrected chi connectivity index (χ4v) is 3.54. The predicted molar refractivity (Wildman–Crippen MR) is 128 cm³/mol. The number of nitrogens with one attached hydrogen (secondary N) is 3. The molecule has 1 aromatic heterocycles. The molecule has 9 nitrogen and oxygen atoms in total. The summed E-state index contributed by atoms with van der Waals surface area (Å²) in [6.07, 6.45) is 1.65. The normalized spacial score (nSPS) is 11.4. The van der Waals surface area contributed by atoms with Crippen LogP contribution in [0.5, 0.6) is 17.2 Å². The van der Waals surface area contributed by atoms with Crippen LogP contribution < -0.4 is 29.9 Å². The molecule has 3 aromatic rings. The van der Waals surface area contributed by atoms with Crippen LogP contribution in [0.2, 0.25) is 0 Å². The van der Waals surface area contributed by atoms with E-state index in [1.54, 1.807) is 52.4 Å². The average Bonchev–Trinajstić information content (AvgIpc) is 2.76. The number of aromatic nitrogens is 2. The van der Waals surface area contributed by atoms with Crippen molar-refractivity contribution >= 4 is 53.1 Å². The molecule has 4 N–H and O–H groups in total. The molecule has 164 valence electrons. The second kappa shape index (κ2) is 10.5. The number of nitrogens with zero attached hydrogens (tertiary/aromatic N) is 2. The van der Waals surface area contributed by atoms with Gasteiger partial charge in [-0.2, -0.15) is 4.98 Å². The van der Waals surface area contributed by atoms with Gasteiger partial charge in [-0.25, -0.2) is 4.98 Å². The van der Waals surface area contributed by atoms with Gasteiger partial charge in [-0.05, 0) is 46.9 Å². The number of methoxy groups -OCH3 is 3. The molecule has 0 bridgehead atoms. The quantitative estimate of drug-likeness (QED) is 0.294. The third kappa shape index (κ3) is 5.88. The van der Waals surface area contributed by atoms with Crippen LogP contribution in [0.4, 0.5) is 28.8 Å². The van der Waals surface area contributed by atoms with E-state index in [2.05, 4.69) is 41.6 Å². The zero-order valence-electron chi connectivity index (χ0n) is 17.4. The first-order valence-corrected chi connectivity index (χ1v) is 11.6. The highest BCUT2D eigenvalue weighted by Gasteiger charge is 2.12. The van der Waals surface area contributed by atoms with Gasteiger partial charge in [0.15, 0.2) is 11.5 Å². The van der Waals surface area contributed by atoms with E-state index in [-0.39, 0.29) is 0 Å². The van der Waals surface area contributed by atoms with Crippen LogP contribution in [0.1, 0.15) is 0 Å². The minimum absolute atomic E-state index is 0.390. The monoisotopic (exact) mass is 507 g/mol. The SMILES string of the molecule is COc1ccc(Nc2nc(Nc3ccc(OC)c(OC)c3)ncc2Br)c(NP(C)O)c1. The van der Waals surface area contributed by atoms with E-state index < -0.39 is 8.30 Å². The molecule has 0 amide bonds. The highest BCUT2D eigenvalue weighted by atomic mass is 79.9. The van der Waals surface area contributed by atoms with E-state index in [9.17, 15) is 4.89 Å². The number of halogens is 1. The van der Waals surface area contributed by atoms with Gasteiger partial charge in [0.05, 0.1) is 37.2 Å². The molecule has 0 saturated heterocycles. The second-order valence-electron chi connectivity index (χ2n) is 6.26. The summed E-state index contributed by atoms with van der Waals surface area (Å²) in [5, 5.41) is 9.46. The summed E-state index contributed by atoms with van der Waals surface area (Å²) in [7, 11) is 3.39. The van der Waals surface area contributed by atoms with Gasteiger partial charge in [-0.1, -0.05) is 0 Å². The van der Waals surface area contributed by atoms with Crippen molar-refractivity contribution in [3.05, 3.63) is 47.1 Å². The summed E-state index contributed by atoms with van der Waals surface area (Å²) in [5.41, 5.74) is 2.16. The molecular weight excluding hydrogens is 485 g/mol. The second-order valence-corrected chi connectivity index (χ2v) is 8.38. The van der Waals surface area contributed by atoms with Gasteiger partial charge in [0, 0.05) is 24.0 Å². The summed E-state index contributed by atoms with van der Waals surface area (Å²) in [5.74, 6) is 2.83. The van der Waals surface area contributed by atoms with Crippen LogP contribution in [0.15, 0.2) is 47.1 Å². The Bertz CT molecular complexity index is 1050. The van der Waals surface area contributed by atoms with E-state index in [4.69, 9.17) is 14.2 Å². The molecule has 0 aliphatic rings. The van der Waals surface area contributed by atoms with Crippen molar-refractivity contribution in [1.29, 1.82) is 0 Å². The van der Waals surface area contributed by atoms with E-state index >= 15 is 0 Å². The molecule has 0 saturated carbocycles. The molecule has 0 radical (unpaired) electrons. The Morgan fingerprint density at radius 2 is 1.71 bits per heavy atom. The van der Waals surface area contributed by atoms with Gasteiger partial charge < -0.3 is 34.8 Å². The van der Waals surface area contributed by atoms with E-state index in [1.165, 1.54) is 0 Å². The van der Waals surface area contributed by atoms with Gasteiger partial charge in [0.2, 0.25) is 5.95 Å². The Morgan fingerprint density at radius 1 is 0.935 bits per heavy atom. The Morgan fingerprint density at radius 3 is 2.39 bits per heavy atom. The van der Waals surface area contributed by atoms with Crippen LogP contribution in [0, 0.1) is 0 Å². The molecule has 1 unspecified atom stereocenters. The minimum atomic E-state index is -1.37. The molecule has 11 heteroatoms. The van der Waals surface area contributed by atoms with Crippen LogP contribution in [0.25, 0.3) is 0 Å². The predicted octanol–water partition coefficient (Wildman–Crippen LogP) is 5.10. The van der Waals surface area contributed by atoms with Gasteiger partial charge in [-0.3, -0.25) is 0 Å². The Balaban J connectivity index is 1.87. The summed E-state index contributed by atoms with van der Waals surface area (Å²) >= 11 is 3.48. The summed E-state index contributed by atoms with van der Waals surface area (Å²) in [6.45, 7) is 1.70. The number of hydrogen-bond donors (Lipinski definition) is 4. The first kappa shape index (κ1) is 22.9. The lowest BCUT2D eigenvalue weighted by Gasteiger charge is -2.17. The number of rotatable bonds is 9. The fourth-order valence-electron chi connectivity index (χ4n) is 2.71. The van der Waals surface area contributed by atoms with Crippen molar-refractivity contribution < 1.29 is 19.1 Å². The Kier molecular flexibility index (Phi) is 7.73. The van der Waals surface area contributed by atoms with E-state index in [1.807, 2.05) is 18.2 Å². The number of ether oxygens (including phenoxy) is 3. The molecule has 0 spiro atoms. The highest BCUT2D eigenvalue weighted by Crippen LogP contribution is 2.37. The number of benzene rings is 2. The third-order valence-corrected chi connectivity index (χ3v) is 5.29. The summed E-state index contributed by atoms with van der Waals surface area (Å²) in [6, 6.07) is 10.9. The zero-order valence-corrected chi connectivity index (χ0v) is 19.9. The van der Waals surface area contributed by atoms with Gasteiger partial charge in [0.25, 0.3) is 0 Å². The standard InChI is InChI=1S/C20H23BrN5O4P/c1-28-13-6-7-15(16(10-13)26-31(4)27)24-19-14(21)11-22-20(25-19)23-12-5-8-17(29-2)18(9-12)30-3/h5-11,26-27H,1-4H3,(H2,22,23,24,25). The molecule has 0 fully saturated rings. The maximum absolute atomic E-state index is 9.82. The fraction of sp³-hybridized carbons (Fsp3) is 0.200. The Labute approximate surface area is 190 Å². The molecule has 0 aliphatic carbocycles. The highest BCUT2D eigenvalue weighted by molar-refractivity contribution is 9.10. The third-order valence-electron chi connectivity index (χ3n) is 4.15. The van der Waals surface area contributed by atoms with Crippen molar-refractivity contribution in [3.63, 3.8) is 0 Å². The van der Waals surface area contributed by atoms with Crippen molar-refractivity contribution in [2.24, 2.45) is 0 Å². The zero-order chi connectivity index (χ0) is 22.4. The molecular formula is C20H23BrN5O4P. The van der Waals surface area contributed by atoms with Crippen molar-refractivity contribution in [2.45, 2.75) is 0 Å². The summed E-state index contributed by atoms with van der Waals surface area (Å²) < 4.78 is 16.6. The molecule has 3 rings (SSSR count). The molecule has 31 heavy (non-hydrogen) atoms. The van der Waals surface area contributed by atoms with Crippen molar-refractivity contribution in [1.82, 2.24) is 9.97 Å². The number of hydrogen-bond acceptors (Lipinski definition) is 9. The van der Waals surface area contributed by atoms with Crippen molar-refractivity contribution in [2.75, 3.05) is 43.7 Å². The van der Waals surface area contributed by atoms with Crippen molar-refractivity contribution in [3.8, 4) is 17.2 Å². The molecule has 1 heterocycles. The lowest BCUT2D eigenvalue weighted by atomic mass is 10.2. The smallest absolute Gasteiger partial charge is 0.229 e. The van der Waals surface area contributed by atoms with E-state index in [0.717, 1.165) is 11.4 Å². The maximum atomic E-state index is 9.82. The first-order valence-electron chi connectivity index (χ1n) is 9.09. The summed E-state index contributed by atoms with van der Waals surface area (Å²) in [4.78, 5) is 18.7. The van der Waals surface area contributed by atoms with Crippen LogP contribution >= 0.6 is 24.2 Å². The first-order chi connectivity index (χ1) is 14.9. The van der Waals surface area contributed by atoms with Crippen LogP contribution in [-0.2, 0) is 0 Å².